The van der Waals surface area contributed by atoms with Gasteiger partial charge < -0.3 is 9.90 Å². The summed E-state index contributed by atoms with van der Waals surface area (Å²) in [7, 11) is 0. The van der Waals surface area contributed by atoms with Gasteiger partial charge in [0.25, 0.3) is 0 Å². The van der Waals surface area contributed by atoms with Crippen molar-refractivity contribution < 1.29 is 14.7 Å². The molecule has 0 aliphatic carbocycles. The summed E-state index contributed by atoms with van der Waals surface area (Å²) < 4.78 is 0. The van der Waals surface area contributed by atoms with Crippen LogP contribution >= 0.6 is 0 Å². The number of pyridine rings is 1. The van der Waals surface area contributed by atoms with Crippen molar-refractivity contribution in [2.45, 2.75) is 12.8 Å². The smallest absolute Gasteiger partial charge is 0.307 e. The number of hydrogen-bond acceptors (Lipinski definition) is 3. The minimum atomic E-state index is -0.944. The lowest BCUT2D eigenvalue weighted by Crippen LogP contribution is -2.16. The zero-order valence-electron chi connectivity index (χ0n) is 7.59. The summed E-state index contributed by atoms with van der Waals surface area (Å²) in [5, 5.41) is 8.79. The monoisotopic (exact) mass is 193 g/mol. The van der Waals surface area contributed by atoms with E-state index in [1.807, 2.05) is 0 Å². The molecule has 1 aromatic heterocycles. The van der Waals surface area contributed by atoms with Gasteiger partial charge in [-0.2, -0.15) is 0 Å². The third-order valence-electron chi connectivity index (χ3n) is 1.93. The number of hydrogen-bond donors (Lipinski definition) is 1. The fraction of sp³-hybridized carbons (Fsp3) is 0.300. The van der Waals surface area contributed by atoms with Gasteiger partial charge in [0.15, 0.2) is 0 Å². The maximum Gasteiger partial charge on any atom is 0.307 e. The molecule has 1 aromatic rings. The summed E-state index contributed by atoms with van der Waals surface area (Å²) in [5.41, 5.74) is 0.835. The molecule has 0 bridgehead atoms. The van der Waals surface area contributed by atoms with Gasteiger partial charge in [0.1, 0.15) is 6.29 Å². The van der Waals surface area contributed by atoms with Gasteiger partial charge in [0.2, 0.25) is 0 Å². The maximum atomic E-state index is 10.7. The second kappa shape index (κ2) is 5.11. The molecule has 1 heterocycles. The molecule has 1 rings (SSSR count). The molecule has 0 saturated heterocycles. The number of rotatable bonds is 5. The van der Waals surface area contributed by atoms with Gasteiger partial charge in [0, 0.05) is 18.8 Å². The highest BCUT2D eigenvalue weighted by Crippen LogP contribution is 2.10. The Hall–Kier alpha value is -1.71. The molecule has 14 heavy (non-hydrogen) atoms. The Bertz CT molecular complexity index is 310. The highest BCUT2D eigenvalue weighted by molar-refractivity contribution is 5.73. The first-order valence-electron chi connectivity index (χ1n) is 4.29. The van der Waals surface area contributed by atoms with Crippen LogP contribution in [0.5, 0.6) is 0 Å². The first-order chi connectivity index (χ1) is 6.74. The van der Waals surface area contributed by atoms with Crippen molar-refractivity contribution in [2.75, 3.05) is 0 Å². The Kier molecular flexibility index (Phi) is 3.79. The van der Waals surface area contributed by atoms with Crippen molar-refractivity contribution >= 4 is 12.3 Å². The van der Waals surface area contributed by atoms with E-state index < -0.39 is 11.9 Å². The van der Waals surface area contributed by atoms with Crippen LogP contribution in [0.15, 0.2) is 24.5 Å². The van der Waals surface area contributed by atoms with Crippen LogP contribution in [0.3, 0.4) is 0 Å². The molecule has 4 heteroatoms. The number of carbonyl (C=O) groups excluding carboxylic acids is 1. The molecule has 0 amide bonds. The van der Waals surface area contributed by atoms with Crippen LogP contribution in [0, 0.1) is 5.92 Å². The summed E-state index contributed by atoms with van der Waals surface area (Å²) in [5.74, 6) is -1.59. The predicted octanol–water partition coefficient (Wildman–Crippen LogP) is 0.914. The lowest BCUT2D eigenvalue weighted by atomic mass is 9.98. The minimum Gasteiger partial charge on any atom is -0.481 e. The van der Waals surface area contributed by atoms with Crippen LogP contribution in [0.1, 0.15) is 12.0 Å². The fourth-order valence-corrected chi connectivity index (χ4v) is 1.19. The van der Waals surface area contributed by atoms with Gasteiger partial charge in [-0.05, 0) is 18.1 Å². The molecular weight excluding hydrogens is 182 g/mol. The van der Waals surface area contributed by atoms with Gasteiger partial charge in [-0.25, -0.2) is 0 Å². The molecule has 1 atom stereocenters. The number of carboxylic acid groups (broad SMARTS) is 1. The van der Waals surface area contributed by atoms with E-state index in [1.54, 1.807) is 24.5 Å². The average molecular weight is 193 g/mol. The Morgan fingerprint density at radius 2 is 2.43 bits per heavy atom. The SMILES string of the molecule is O=CCC(Cc1cccnc1)C(=O)O. The molecule has 0 spiro atoms. The van der Waals surface area contributed by atoms with Crippen molar-refractivity contribution in [2.24, 2.45) is 5.92 Å². The van der Waals surface area contributed by atoms with Crippen LogP contribution in [-0.2, 0) is 16.0 Å². The molecule has 0 aromatic carbocycles. The second-order valence-electron chi connectivity index (χ2n) is 3.00. The Labute approximate surface area is 81.6 Å². The van der Waals surface area contributed by atoms with E-state index in [0.717, 1.165) is 5.56 Å². The van der Waals surface area contributed by atoms with E-state index in [0.29, 0.717) is 12.7 Å². The number of aromatic nitrogens is 1. The summed E-state index contributed by atoms with van der Waals surface area (Å²) in [6.45, 7) is 0. The van der Waals surface area contributed by atoms with Crippen molar-refractivity contribution in [3.63, 3.8) is 0 Å². The molecule has 0 saturated carbocycles. The largest absolute Gasteiger partial charge is 0.481 e. The first kappa shape index (κ1) is 10.4. The number of aliphatic carboxylic acids is 1. The number of nitrogens with zero attached hydrogens (tertiary/aromatic N) is 1. The summed E-state index contributed by atoms with van der Waals surface area (Å²) in [6.07, 6.45) is 4.26. The van der Waals surface area contributed by atoms with Gasteiger partial charge in [-0.15, -0.1) is 0 Å². The van der Waals surface area contributed by atoms with Crippen LogP contribution in [0.2, 0.25) is 0 Å². The quantitative estimate of drug-likeness (QED) is 0.706. The highest BCUT2D eigenvalue weighted by Gasteiger charge is 2.17. The zero-order chi connectivity index (χ0) is 10.4. The minimum absolute atomic E-state index is 0.0459. The Morgan fingerprint density at radius 3 is 2.93 bits per heavy atom. The normalized spacial score (nSPS) is 12.0. The maximum absolute atomic E-state index is 10.7. The van der Waals surface area contributed by atoms with Crippen molar-refractivity contribution in [3.8, 4) is 0 Å². The van der Waals surface area contributed by atoms with Gasteiger partial charge >= 0.3 is 5.97 Å². The second-order valence-corrected chi connectivity index (χ2v) is 3.00. The molecule has 4 nitrogen and oxygen atoms in total. The summed E-state index contributed by atoms with van der Waals surface area (Å²) in [4.78, 5) is 24.8. The fourth-order valence-electron chi connectivity index (χ4n) is 1.19. The third kappa shape index (κ3) is 2.97. The molecule has 0 aliphatic heterocycles. The molecule has 1 unspecified atom stereocenters. The van der Waals surface area contributed by atoms with Crippen LogP contribution in [-0.4, -0.2) is 22.3 Å². The van der Waals surface area contributed by atoms with Crippen LogP contribution < -0.4 is 0 Å². The number of aldehydes is 1. The van der Waals surface area contributed by atoms with E-state index in [-0.39, 0.29) is 6.42 Å². The Balaban J connectivity index is 2.64. The van der Waals surface area contributed by atoms with E-state index in [1.165, 1.54) is 0 Å². The van der Waals surface area contributed by atoms with Crippen molar-refractivity contribution in [1.82, 2.24) is 4.98 Å². The summed E-state index contributed by atoms with van der Waals surface area (Å²) in [6, 6.07) is 3.54. The zero-order valence-corrected chi connectivity index (χ0v) is 7.59. The average Bonchev–Trinajstić information content (AvgIpc) is 2.18. The van der Waals surface area contributed by atoms with E-state index in [9.17, 15) is 9.59 Å². The van der Waals surface area contributed by atoms with Crippen molar-refractivity contribution in [3.05, 3.63) is 30.1 Å². The van der Waals surface area contributed by atoms with Gasteiger partial charge in [-0.3, -0.25) is 9.78 Å². The van der Waals surface area contributed by atoms with Gasteiger partial charge in [-0.1, -0.05) is 6.07 Å². The predicted molar refractivity (Wildman–Crippen MR) is 49.7 cm³/mol. The molecule has 74 valence electrons. The van der Waals surface area contributed by atoms with E-state index in [2.05, 4.69) is 4.98 Å². The number of carboxylic acids is 1. The highest BCUT2D eigenvalue weighted by atomic mass is 16.4. The molecular formula is C10H11NO3. The third-order valence-corrected chi connectivity index (χ3v) is 1.93. The standard InChI is InChI=1S/C10H11NO3/c12-5-3-9(10(13)14)6-8-2-1-4-11-7-8/h1-2,4-5,7,9H,3,6H2,(H,13,14). The van der Waals surface area contributed by atoms with E-state index >= 15 is 0 Å². The van der Waals surface area contributed by atoms with Gasteiger partial charge in [0.05, 0.1) is 5.92 Å². The molecule has 0 aliphatic rings. The molecule has 0 radical (unpaired) electrons. The lowest BCUT2D eigenvalue weighted by molar-refractivity contribution is -0.142. The van der Waals surface area contributed by atoms with Crippen LogP contribution in [0.25, 0.3) is 0 Å². The van der Waals surface area contributed by atoms with Crippen molar-refractivity contribution in [1.29, 1.82) is 0 Å². The topological polar surface area (TPSA) is 67.3 Å². The first-order valence-corrected chi connectivity index (χ1v) is 4.29. The molecule has 1 N–H and O–H groups in total. The Morgan fingerprint density at radius 1 is 1.64 bits per heavy atom. The summed E-state index contributed by atoms with van der Waals surface area (Å²) >= 11 is 0. The van der Waals surface area contributed by atoms with Crippen LogP contribution in [0.4, 0.5) is 0 Å². The lowest BCUT2D eigenvalue weighted by Gasteiger charge is -2.07. The van der Waals surface area contributed by atoms with E-state index in [4.69, 9.17) is 5.11 Å². The number of carbonyl (C=O) groups is 2. The molecule has 0 fully saturated rings.